The Kier molecular flexibility index (Phi) is 4.59. The molecule has 0 radical (unpaired) electrons. The molecule has 0 aromatic carbocycles. The Morgan fingerprint density at radius 2 is 2.17 bits per heavy atom. The average molecular weight is 339 g/mol. The van der Waals surface area contributed by atoms with E-state index >= 15 is 0 Å². The first-order chi connectivity index (χ1) is 11.7. The van der Waals surface area contributed by atoms with Crippen molar-refractivity contribution in [1.29, 1.82) is 5.26 Å². The van der Waals surface area contributed by atoms with Gasteiger partial charge in [0.1, 0.15) is 19.2 Å². The topological polar surface area (TPSA) is 83.6 Å². The smallest absolute Gasteiger partial charge is 0.325 e. The van der Waals surface area contributed by atoms with Crippen LogP contribution in [0.5, 0.6) is 0 Å². The largest absolute Gasteiger partial charge is 0.459 e. The molecular formula is C17H13N3O3S. The minimum absolute atomic E-state index is 0.0156. The highest BCUT2D eigenvalue weighted by Crippen LogP contribution is 2.18. The second-order valence-corrected chi connectivity index (χ2v) is 5.90. The van der Waals surface area contributed by atoms with E-state index < -0.39 is 5.97 Å². The number of thiophene rings is 1. The second kappa shape index (κ2) is 6.98. The van der Waals surface area contributed by atoms with Crippen LogP contribution in [0, 0.1) is 11.3 Å². The molecule has 3 heterocycles. The summed E-state index contributed by atoms with van der Waals surface area (Å²) in [4.78, 5) is 24.1. The molecule has 3 aromatic rings. The van der Waals surface area contributed by atoms with Crippen molar-refractivity contribution in [2.75, 3.05) is 6.54 Å². The molecule has 0 spiro atoms. The number of aromatic nitrogens is 1. The lowest BCUT2D eigenvalue weighted by atomic mass is 10.2. The van der Waals surface area contributed by atoms with Gasteiger partial charge in [0.15, 0.2) is 0 Å². The predicted octanol–water partition coefficient (Wildman–Crippen LogP) is 2.35. The van der Waals surface area contributed by atoms with Crippen LogP contribution in [0.4, 0.5) is 0 Å². The van der Waals surface area contributed by atoms with Gasteiger partial charge in [0.05, 0.1) is 16.0 Å². The fraction of sp³-hybridized carbons (Fsp3) is 0.118. The van der Waals surface area contributed by atoms with Crippen molar-refractivity contribution in [2.45, 2.75) is 6.61 Å². The first-order valence-corrected chi connectivity index (χ1v) is 8.03. The molecule has 0 fully saturated rings. The maximum Gasteiger partial charge on any atom is 0.325 e. The number of nitrogens with zero attached hydrogens (tertiary/aromatic N) is 2. The molecule has 7 heteroatoms. The molecule has 6 nitrogen and oxygen atoms in total. The quantitative estimate of drug-likeness (QED) is 0.723. The summed E-state index contributed by atoms with van der Waals surface area (Å²) in [5.41, 5.74) is 1.87. The molecule has 1 N–H and O–H groups in total. The number of hydrogen-bond donors (Lipinski definition) is 1. The SMILES string of the molecule is N#Cc1c(COC(=O)CNC(=O)c2cccs2)cn2ccccc12. The Morgan fingerprint density at radius 3 is 2.92 bits per heavy atom. The van der Waals surface area contributed by atoms with Crippen LogP contribution in [0.15, 0.2) is 48.1 Å². The Labute approximate surface area is 141 Å². The summed E-state index contributed by atoms with van der Waals surface area (Å²) in [7, 11) is 0. The highest BCUT2D eigenvalue weighted by Gasteiger charge is 2.13. The van der Waals surface area contributed by atoms with Gasteiger partial charge in [-0.1, -0.05) is 12.1 Å². The number of hydrogen-bond acceptors (Lipinski definition) is 5. The van der Waals surface area contributed by atoms with E-state index in [2.05, 4.69) is 11.4 Å². The summed E-state index contributed by atoms with van der Waals surface area (Å²) < 4.78 is 6.96. The monoisotopic (exact) mass is 339 g/mol. The first-order valence-electron chi connectivity index (χ1n) is 7.15. The Bertz CT molecular complexity index is 922. The lowest BCUT2D eigenvalue weighted by Crippen LogP contribution is -2.30. The molecule has 0 aliphatic rings. The summed E-state index contributed by atoms with van der Waals surface area (Å²) in [6.45, 7) is -0.232. The number of rotatable bonds is 5. The molecule has 0 bridgehead atoms. The first kappa shape index (κ1) is 15.8. The fourth-order valence-corrected chi connectivity index (χ4v) is 2.91. The molecule has 0 atom stereocenters. The van der Waals surface area contributed by atoms with E-state index in [1.54, 1.807) is 28.1 Å². The zero-order chi connectivity index (χ0) is 16.9. The number of esters is 1. The number of nitrogens with one attached hydrogen (secondary N) is 1. The van der Waals surface area contributed by atoms with Gasteiger partial charge in [-0.3, -0.25) is 9.59 Å². The number of amides is 1. The highest BCUT2D eigenvalue weighted by atomic mass is 32.1. The third kappa shape index (κ3) is 3.29. The number of fused-ring (bicyclic) bond motifs is 1. The van der Waals surface area contributed by atoms with Gasteiger partial charge in [0, 0.05) is 18.0 Å². The molecule has 3 aromatic heterocycles. The van der Waals surface area contributed by atoms with Gasteiger partial charge in [-0.2, -0.15) is 5.26 Å². The summed E-state index contributed by atoms with van der Waals surface area (Å²) in [5, 5.41) is 13.6. The zero-order valence-corrected chi connectivity index (χ0v) is 13.4. The average Bonchev–Trinajstić information content (AvgIpc) is 3.24. The van der Waals surface area contributed by atoms with E-state index in [0.29, 0.717) is 16.0 Å². The summed E-state index contributed by atoms with van der Waals surface area (Å²) in [6.07, 6.45) is 3.58. The van der Waals surface area contributed by atoms with Crippen molar-refractivity contribution in [2.24, 2.45) is 0 Å². The van der Waals surface area contributed by atoms with Crippen molar-refractivity contribution >= 4 is 28.7 Å². The van der Waals surface area contributed by atoms with Crippen LogP contribution < -0.4 is 5.32 Å². The third-order valence-electron chi connectivity index (χ3n) is 3.40. The van der Waals surface area contributed by atoms with E-state index in [-0.39, 0.29) is 19.1 Å². The number of ether oxygens (including phenoxy) is 1. The van der Waals surface area contributed by atoms with Crippen LogP contribution in [0.3, 0.4) is 0 Å². The third-order valence-corrected chi connectivity index (χ3v) is 4.27. The molecule has 1 amide bonds. The van der Waals surface area contributed by atoms with E-state index in [4.69, 9.17) is 4.74 Å². The van der Waals surface area contributed by atoms with Crippen LogP contribution in [0.25, 0.3) is 5.52 Å². The van der Waals surface area contributed by atoms with E-state index in [1.165, 1.54) is 11.3 Å². The van der Waals surface area contributed by atoms with Crippen LogP contribution in [0.1, 0.15) is 20.8 Å². The Balaban J connectivity index is 1.59. The molecule has 0 unspecified atom stereocenters. The van der Waals surface area contributed by atoms with Crippen LogP contribution >= 0.6 is 11.3 Å². The molecule has 0 aliphatic carbocycles. The van der Waals surface area contributed by atoms with Crippen LogP contribution in [-0.4, -0.2) is 22.8 Å². The number of carbonyl (C=O) groups is 2. The minimum Gasteiger partial charge on any atom is -0.459 e. The highest BCUT2D eigenvalue weighted by molar-refractivity contribution is 7.12. The van der Waals surface area contributed by atoms with Crippen LogP contribution in [0.2, 0.25) is 0 Å². The molecule has 3 rings (SSSR count). The molecular weight excluding hydrogens is 326 g/mol. The van der Waals surface area contributed by atoms with Gasteiger partial charge >= 0.3 is 5.97 Å². The van der Waals surface area contributed by atoms with Gasteiger partial charge < -0.3 is 14.5 Å². The lowest BCUT2D eigenvalue weighted by Gasteiger charge is -2.05. The number of nitriles is 1. The lowest BCUT2D eigenvalue weighted by molar-refractivity contribution is -0.143. The second-order valence-electron chi connectivity index (χ2n) is 4.95. The fourth-order valence-electron chi connectivity index (χ4n) is 2.27. The molecule has 24 heavy (non-hydrogen) atoms. The van der Waals surface area contributed by atoms with Crippen molar-refractivity contribution in [3.8, 4) is 6.07 Å². The number of carbonyl (C=O) groups excluding carboxylic acids is 2. The number of pyridine rings is 1. The van der Waals surface area contributed by atoms with Crippen LogP contribution in [-0.2, 0) is 16.1 Å². The summed E-state index contributed by atoms with van der Waals surface area (Å²) in [6, 6.07) is 11.1. The van der Waals surface area contributed by atoms with Gasteiger partial charge in [-0.25, -0.2) is 0 Å². The molecule has 0 saturated carbocycles. The normalized spacial score (nSPS) is 10.3. The minimum atomic E-state index is -0.556. The van der Waals surface area contributed by atoms with Gasteiger partial charge in [0.25, 0.3) is 5.91 Å². The molecule has 0 aliphatic heterocycles. The molecule has 0 saturated heterocycles. The Hall–Kier alpha value is -3.11. The van der Waals surface area contributed by atoms with Gasteiger partial charge in [-0.15, -0.1) is 11.3 Å². The summed E-state index contributed by atoms with van der Waals surface area (Å²) >= 11 is 1.30. The standard InChI is InChI=1S/C17H13N3O3S/c18-8-13-12(10-20-6-2-1-4-14(13)20)11-23-16(21)9-19-17(22)15-5-3-7-24-15/h1-7,10H,9,11H2,(H,19,22). The van der Waals surface area contributed by atoms with Crippen molar-refractivity contribution in [3.63, 3.8) is 0 Å². The Morgan fingerprint density at radius 1 is 1.29 bits per heavy atom. The van der Waals surface area contributed by atoms with E-state index in [0.717, 1.165) is 5.52 Å². The van der Waals surface area contributed by atoms with Gasteiger partial charge in [-0.05, 0) is 23.6 Å². The van der Waals surface area contributed by atoms with Crippen molar-refractivity contribution in [3.05, 3.63) is 64.1 Å². The van der Waals surface area contributed by atoms with Crippen molar-refractivity contribution in [1.82, 2.24) is 9.72 Å². The molecule has 120 valence electrons. The summed E-state index contributed by atoms with van der Waals surface area (Å²) in [5.74, 6) is -0.867. The zero-order valence-electron chi connectivity index (χ0n) is 12.6. The van der Waals surface area contributed by atoms with E-state index in [9.17, 15) is 14.9 Å². The maximum atomic E-state index is 11.8. The van der Waals surface area contributed by atoms with Gasteiger partial charge in [0.2, 0.25) is 0 Å². The maximum absolute atomic E-state index is 11.8. The van der Waals surface area contributed by atoms with Crippen molar-refractivity contribution < 1.29 is 14.3 Å². The van der Waals surface area contributed by atoms with E-state index in [1.807, 2.05) is 24.4 Å². The predicted molar refractivity (Wildman–Crippen MR) is 88.6 cm³/mol.